The summed E-state index contributed by atoms with van der Waals surface area (Å²) in [7, 11) is 3.81. The second-order valence-electron chi connectivity index (χ2n) is 8.80. The third-order valence-electron chi connectivity index (χ3n) is 4.64. The number of carbonyl (C=O) groups is 1. The molecule has 0 aliphatic rings. The number of methoxy groups -OCH3 is 1. The van der Waals surface area contributed by atoms with Crippen LogP contribution in [0, 0.1) is 10.1 Å². The van der Waals surface area contributed by atoms with Gasteiger partial charge in [0.05, 0.1) is 23.9 Å². The van der Waals surface area contributed by atoms with Gasteiger partial charge in [-0.2, -0.15) is 4.37 Å². The van der Waals surface area contributed by atoms with E-state index in [1.165, 1.54) is 18.3 Å². The normalized spacial score (nSPS) is 11.9. The first-order valence-electron chi connectivity index (χ1n) is 11.4. The molecule has 0 bridgehead atoms. The summed E-state index contributed by atoms with van der Waals surface area (Å²) in [6.45, 7) is 11.4. The van der Waals surface area contributed by atoms with E-state index in [0.717, 1.165) is 31.4 Å². The molecule has 1 aromatic heterocycles. The summed E-state index contributed by atoms with van der Waals surface area (Å²) in [5.41, 5.74) is 0.727. The van der Waals surface area contributed by atoms with Gasteiger partial charge in [-0.15, -0.1) is 14.5 Å². The summed E-state index contributed by atoms with van der Waals surface area (Å²) in [5, 5.41) is 12.6. The number of hydrogen-bond acceptors (Lipinski definition) is 12. The van der Waals surface area contributed by atoms with E-state index in [2.05, 4.69) is 37.8 Å². The lowest BCUT2D eigenvalue weighted by atomic mass is 10.1. The number of likely N-dealkylation sites (N-methyl/N-ethyl adjacent to an activating group) is 1. The first-order chi connectivity index (χ1) is 17.0. The molecule has 36 heavy (non-hydrogen) atoms. The topological polar surface area (TPSA) is 138 Å². The van der Waals surface area contributed by atoms with E-state index < -0.39 is 17.2 Å². The Morgan fingerprint density at radius 3 is 2.50 bits per heavy atom. The van der Waals surface area contributed by atoms with Gasteiger partial charge < -0.3 is 29.3 Å². The molecule has 2 aromatic rings. The number of ether oxygens (including phenoxy) is 3. The Balaban J connectivity index is 0.000000697. The molecule has 0 saturated heterocycles. The Hall–Kier alpha value is -2.87. The lowest BCUT2D eigenvalue weighted by molar-refractivity contribution is -0.763. The Morgan fingerprint density at radius 2 is 1.97 bits per heavy atom. The van der Waals surface area contributed by atoms with Gasteiger partial charge in [0.25, 0.3) is 5.09 Å². The van der Waals surface area contributed by atoms with Crippen LogP contribution in [-0.2, 0) is 20.9 Å². The fourth-order valence-corrected chi connectivity index (χ4v) is 2.81. The molecule has 0 radical (unpaired) electrons. The van der Waals surface area contributed by atoms with E-state index in [-0.39, 0.29) is 18.8 Å². The van der Waals surface area contributed by atoms with Gasteiger partial charge in [0.15, 0.2) is 0 Å². The molecule has 1 atom stereocenters. The van der Waals surface area contributed by atoms with Crippen LogP contribution >= 0.6 is 11.7 Å². The third kappa shape index (κ3) is 14.5. The highest BCUT2D eigenvalue weighted by Crippen LogP contribution is 2.11. The molecule has 0 amide bonds. The van der Waals surface area contributed by atoms with Gasteiger partial charge in [-0.05, 0) is 52.1 Å². The number of rotatable bonds is 14. The maximum atomic E-state index is 12.4. The molecular formula is C23H37N5O7S. The molecule has 1 aromatic carbocycles. The van der Waals surface area contributed by atoms with Crippen LogP contribution in [0.5, 0.6) is 5.88 Å². The number of esters is 1. The van der Waals surface area contributed by atoms with Crippen LogP contribution < -0.4 is 10.1 Å². The smallest absolute Gasteiger partial charge is 0.338 e. The average Bonchev–Trinajstić information content (AvgIpc) is 3.36. The minimum Gasteiger partial charge on any atom is -0.472 e. The molecule has 2 rings (SSSR count). The van der Waals surface area contributed by atoms with Gasteiger partial charge in [0.1, 0.15) is 25.5 Å². The predicted octanol–water partition coefficient (Wildman–Crippen LogP) is 2.82. The van der Waals surface area contributed by atoms with Crippen LogP contribution in [0.4, 0.5) is 0 Å². The lowest BCUT2D eigenvalue weighted by Crippen LogP contribution is -2.44. The van der Waals surface area contributed by atoms with Crippen LogP contribution in [0.2, 0.25) is 0 Å². The molecule has 0 aliphatic heterocycles. The van der Waals surface area contributed by atoms with Crippen molar-refractivity contribution in [2.45, 2.75) is 45.9 Å². The Bertz CT molecular complexity index is 876. The van der Waals surface area contributed by atoms with Crippen LogP contribution in [0.25, 0.3) is 0 Å². The third-order valence-corrected chi connectivity index (χ3v) is 5.10. The van der Waals surface area contributed by atoms with Gasteiger partial charge in [0, 0.05) is 25.7 Å². The molecule has 1 heterocycles. The molecule has 1 N–H and O–H groups in total. The van der Waals surface area contributed by atoms with Crippen molar-refractivity contribution in [3.63, 3.8) is 0 Å². The number of carbonyl (C=O) groups excluding carboxylic acids is 1. The predicted molar refractivity (Wildman–Crippen MR) is 136 cm³/mol. The number of benzene rings is 1. The van der Waals surface area contributed by atoms with E-state index >= 15 is 0 Å². The monoisotopic (exact) mass is 527 g/mol. The molecule has 202 valence electrons. The van der Waals surface area contributed by atoms with E-state index in [9.17, 15) is 14.9 Å². The van der Waals surface area contributed by atoms with Gasteiger partial charge in [0.2, 0.25) is 5.88 Å². The standard InChI is InChI=1S/C17H22N4O6S.C6H15NO/c1-17(2,3)18-8-14(11-25-15-9-19-28-20-15)27-16(22)13-6-4-12(5-7-13)10-26-21(23)24;1-4-7(2)5-6-8-3/h4-7,9,14,18H,8,10-11H2,1-3H3;4-6H2,1-3H3. The summed E-state index contributed by atoms with van der Waals surface area (Å²) in [5.74, 6) is -0.153. The first-order valence-corrected chi connectivity index (χ1v) is 12.2. The van der Waals surface area contributed by atoms with Gasteiger partial charge >= 0.3 is 5.97 Å². The van der Waals surface area contributed by atoms with Crippen molar-refractivity contribution < 1.29 is 28.9 Å². The first kappa shape index (κ1) is 31.2. The zero-order chi connectivity index (χ0) is 27.0. The lowest BCUT2D eigenvalue weighted by Gasteiger charge is -2.25. The van der Waals surface area contributed by atoms with Crippen LogP contribution in [0.15, 0.2) is 30.5 Å². The van der Waals surface area contributed by atoms with Crippen LogP contribution in [-0.4, -0.2) is 83.4 Å². The highest BCUT2D eigenvalue weighted by Gasteiger charge is 2.20. The van der Waals surface area contributed by atoms with E-state index in [1.54, 1.807) is 19.2 Å². The summed E-state index contributed by atoms with van der Waals surface area (Å²) in [6.07, 6.45) is 0.942. The van der Waals surface area contributed by atoms with Crippen molar-refractivity contribution in [3.05, 3.63) is 51.7 Å². The zero-order valence-electron chi connectivity index (χ0n) is 21.8. The highest BCUT2D eigenvalue weighted by atomic mass is 32.1. The summed E-state index contributed by atoms with van der Waals surface area (Å²) < 4.78 is 23.8. The summed E-state index contributed by atoms with van der Waals surface area (Å²) in [4.78, 5) is 29.2. The second kappa shape index (κ2) is 16.7. The molecule has 0 aliphatic carbocycles. The molecule has 1 unspecified atom stereocenters. The van der Waals surface area contributed by atoms with Crippen molar-refractivity contribution in [2.75, 3.05) is 47.0 Å². The Labute approximate surface area is 216 Å². The Kier molecular flexibility index (Phi) is 14.5. The maximum Gasteiger partial charge on any atom is 0.338 e. The van der Waals surface area contributed by atoms with E-state index in [1.807, 2.05) is 20.8 Å². The van der Waals surface area contributed by atoms with Gasteiger partial charge in [-0.3, -0.25) is 0 Å². The van der Waals surface area contributed by atoms with Gasteiger partial charge in [-0.25, -0.2) is 4.79 Å². The fraction of sp³-hybridized carbons (Fsp3) is 0.609. The van der Waals surface area contributed by atoms with Crippen molar-refractivity contribution in [1.82, 2.24) is 19.0 Å². The molecule has 13 heteroatoms. The van der Waals surface area contributed by atoms with Crippen molar-refractivity contribution >= 4 is 17.7 Å². The van der Waals surface area contributed by atoms with E-state index in [4.69, 9.17) is 14.2 Å². The number of nitrogens with one attached hydrogen (secondary N) is 1. The fourth-order valence-electron chi connectivity index (χ4n) is 2.44. The molecule has 0 fully saturated rings. The number of nitrogens with zero attached hydrogens (tertiary/aromatic N) is 4. The Morgan fingerprint density at radius 1 is 1.28 bits per heavy atom. The van der Waals surface area contributed by atoms with Crippen molar-refractivity contribution in [3.8, 4) is 5.88 Å². The molecule has 0 spiro atoms. The van der Waals surface area contributed by atoms with E-state index in [0.29, 0.717) is 23.6 Å². The minimum absolute atomic E-state index is 0.120. The largest absolute Gasteiger partial charge is 0.472 e. The van der Waals surface area contributed by atoms with Crippen LogP contribution in [0.1, 0.15) is 43.6 Å². The molecule has 0 saturated carbocycles. The van der Waals surface area contributed by atoms with Crippen molar-refractivity contribution in [2.24, 2.45) is 0 Å². The summed E-state index contributed by atoms with van der Waals surface area (Å²) >= 11 is 1.03. The van der Waals surface area contributed by atoms with Gasteiger partial charge in [-0.1, -0.05) is 19.1 Å². The zero-order valence-corrected chi connectivity index (χ0v) is 22.6. The average molecular weight is 528 g/mol. The second-order valence-corrected chi connectivity index (χ2v) is 9.35. The number of aromatic nitrogens is 2. The SMILES string of the molecule is CC(C)(C)NCC(COc1cnsn1)OC(=O)c1ccc(CO[N+](=O)[O-])cc1.CCN(C)CCOC. The maximum absolute atomic E-state index is 12.4. The minimum atomic E-state index is -0.868. The molecular weight excluding hydrogens is 490 g/mol. The summed E-state index contributed by atoms with van der Waals surface area (Å²) in [6, 6.07) is 6.20. The highest BCUT2D eigenvalue weighted by molar-refractivity contribution is 6.99. The molecule has 12 nitrogen and oxygen atoms in total. The van der Waals surface area contributed by atoms with Crippen LogP contribution in [0.3, 0.4) is 0 Å². The number of hydrogen-bond donors (Lipinski definition) is 1. The van der Waals surface area contributed by atoms with Crippen molar-refractivity contribution in [1.29, 1.82) is 0 Å². The quantitative estimate of drug-likeness (QED) is 0.220.